The van der Waals surface area contributed by atoms with Crippen molar-refractivity contribution in [2.45, 2.75) is 65.3 Å². The Hall–Kier alpha value is -2.70. The van der Waals surface area contributed by atoms with Crippen LogP contribution in [-0.2, 0) is 9.59 Å². The number of aromatic amines is 1. The molecule has 0 saturated carbocycles. The van der Waals surface area contributed by atoms with Gasteiger partial charge in [0.2, 0.25) is 0 Å². The molecule has 0 bridgehead atoms. The van der Waals surface area contributed by atoms with Crippen molar-refractivity contribution < 1.29 is 9.59 Å². The van der Waals surface area contributed by atoms with Gasteiger partial charge in [0.05, 0.1) is 5.57 Å². The lowest BCUT2D eigenvalue weighted by atomic mass is 9.72. The molecular weight excluding hydrogens is 460 g/mol. The lowest BCUT2D eigenvalue weighted by molar-refractivity contribution is -0.111. The van der Waals surface area contributed by atoms with E-state index >= 15 is 0 Å². The number of carbonyl (C=O) groups excluding carboxylic acids is 2. The van der Waals surface area contributed by atoms with Gasteiger partial charge in [0.25, 0.3) is 5.91 Å². The summed E-state index contributed by atoms with van der Waals surface area (Å²) in [6.45, 7) is 11.0. The van der Waals surface area contributed by atoms with Crippen LogP contribution in [0.2, 0.25) is 0 Å². The Balaban J connectivity index is 1.42. The number of anilines is 1. The summed E-state index contributed by atoms with van der Waals surface area (Å²) in [4.78, 5) is 30.8. The molecular formula is C31H42N4O2. The van der Waals surface area contributed by atoms with Crippen molar-refractivity contribution in [1.29, 1.82) is 0 Å². The molecule has 3 aliphatic heterocycles. The highest BCUT2D eigenvalue weighted by atomic mass is 16.2. The first kappa shape index (κ1) is 25.9. The van der Waals surface area contributed by atoms with Crippen molar-refractivity contribution in [3.8, 4) is 0 Å². The number of rotatable bonds is 8. The third-order valence-electron chi connectivity index (χ3n) is 9.18. The fourth-order valence-electron chi connectivity index (χ4n) is 7.40. The van der Waals surface area contributed by atoms with Crippen LogP contribution in [0.15, 0.2) is 24.3 Å². The van der Waals surface area contributed by atoms with Crippen molar-refractivity contribution in [2.75, 3.05) is 31.5 Å². The maximum atomic E-state index is 12.7. The summed E-state index contributed by atoms with van der Waals surface area (Å²) in [7, 11) is 0. The predicted octanol–water partition coefficient (Wildman–Crippen LogP) is 5.49. The number of benzene rings is 1. The highest BCUT2D eigenvalue weighted by Crippen LogP contribution is 2.40. The van der Waals surface area contributed by atoms with Gasteiger partial charge in [-0.3, -0.25) is 9.69 Å². The second kappa shape index (κ2) is 11.4. The van der Waals surface area contributed by atoms with Crippen molar-refractivity contribution >= 4 is 29.5 Å². The Labute approximate surface area is 221 Å². The molecule has 6 heteroatoms. The molecule has 0 spiro atoms. The van der Waals surface area contributed by atoms with Gasteiger partial charge >= 0.3 is 0 Å². The van der Waals surface area contributed by atoms with Gasteiger partial charge in [-0.25, -0.2) is 0 Å². The van der Waals surface area contributed by atoms with Crippen molar-refractivity contribution in [2.24, 2.45) is 17.8 Å². The van der Waals surface area contributed by atoms with E-state index in [0.29, 0.717) is 17.9 Å². The molecule has 3 atom stereocenters. The third kappa shape index (κ3) is 5.19. The first-order valence-electron chi connectivity index (χ1n) is 14.2. The second-order valence-electron chi connectivity index (χ2n) is 11.2. The van der Waals surface area contributed by atoms with Crippen LogP contribution in [0.1, 0.15) is 79.6 Å². The maximum Gasteiger partial charge on any atom is 0.256 e. The standard InChI is InChI=1S/C31H42N4O2/c1-4-24(22-11-14-32-15-12-22)23-8-7-16-35(19-23)29(13-17-36)30-20(2)28(33-21(30)3)18-26-25-9-5-6-10-27(25)34-31(26)37/h5-6,9-10,17-18,22-24,29,32-33H,4,7-8,11-16,19H2,1-3H3,(H,34,37). The number of fused-ring (bicyclic) bond motifs is 1. The fraction of sp³-hybridized carbons (Fsp3) is 0.548. The summed E-state index contributed by atoms with van der Waals surface area (Å²) < 4.78 is 0. The number of piperidine rings is 2. The van der Waals surface area contributed by atoms with Crippen molar-refractivity contribution in [3.05, 3.63) is 52.3 Å². The van der Waals surface area contributed by atoms with Gasteiger partial charge in [-0.05, 0) is 100 Å². The maximum absolute atomic E-state index is 12.7. The summed E-state index contributed by atoms with van der Waals surface area (Å²) in [6.07, 6.45) is 9.87. The van der Waals surface area contributed by atoms with Gasteiger partial charge in [0.15, 0.2) is 0 Å². The summed E-state index contributed by atoms with van der Waals surface area (Å²) in [5, 5.41) is 6.50. The molecule has 4 heterocycles. The molecule has 3 unspecified atom stereocenters. The zero-order valence-corrected chi connectivity index (χ0v) is 22.6. The molecule has 6 nitrogen and oxygen atoms in total. The smallest absolute Gasteiger partial charge is 0.256 e. The zero-order chi connectivity index (χ0) is 25.9. The topological polar surface area (TPSA) is 77.2 Å². The van der Waals surface area contributed by atoms with E-state index in [1.54, 1.807) is 0 Å². The van der Waals surface area contributed by atoms with Gasteiger partial charge in [0.1, 0.15) is 6.29 Å². The molecule has 1 aromatic carbocycles. The average molecular weight is 503 g/mol. The first-order valence-corrected chi connectivity index (χ1v) is 14.2. The number of aldehydes is 1. The van der Waals surface area contributed by atoms with E-state index in [0.717, 1.165) is 72.5 Å². The minimum atomic E-state index is -0.0683. The molecule has 5 rings (SSSR count). The normalized spacial score (nSPS) is 23.6. The van der Waals surface area contributed by atoms with E-state index in [4.69, 9.17) is 0 Å². The number of nitrogens with zero attached hydrogens (tertiary/aromatic N) is 1. The Morgan fingerprint density at radius 2 is 1.89 bits per heavy atom. The Morgan fingerprint density at radius 1 is 1.11 bits per heavy atom. The highest BCUT2D eigenvalue weighted by molar-refractivity contribution is 6.34. The predicted molar refractivity (Wildman–Crippen MR) is 150 cm³/mol. The largest absolute Gasteiger partial charge is 0.359 e. The number of hydrogen-bond donors (Lipinski definition) is 3. The Kier molecular flexibility index (Phi) is 7.96. The van der Waals surface area contributed by atoms with E-state index in [9.17, 15) is 9.59 Å². The molecule has 2 fully saturated rings. The van der Waals surface area contributed by atoms with Crippen molar-refractivity contribution in [3.63, 3.8) is 0 Å². The van der Waals surface area contributed by atoms with Gasteiger partial charge in [0, 0.05) is 41.6 Å². The Bertz CT molecular complexity index is 1160. The summed E-state index contributed by atoms with van der Waals surface area (Å²) in [5.74, 6) is 2.20. The SMILES string of the molecule is CCC(C1CCNCC1)C1CCCN(C(CC=O)c2c(C)[nH]c(C=C3C(=O)Nc4ccccc43)c2C)C1. The van der Waals surface area contributed by atoms with Crippen molar-refractivity contribution in [1.82, 2.24) is 15.2 Å². The van der Waals surface area contributed by atoms with Crippen LogP contribution in [0.5, 0.6) is 0 Å². The summed E-state index contributed by atoms with van der Waals surface area (Å²) >= 11 is 0. The number of aromatic nitrogens is 1. The van der Waals surface area contributed by atoms with Crippen LogP contribution in [0, 0.1) is 31.6 Å². The van der Waals surface area contributed by atoms with Gasteiger partial charge in [-0.15, -0.1) is 0 Å². The number of aryl methyl sites for hydroxylation is 1. The van der Waals surface area contributed by atoms with E-state index in [1.165, 1.54) is 37.7 Å². The minimum Gasteiger partial charge on any atom is -0.359 e. The third-order valence-corrected chi connectivity index (χ3v) is 9.18. The van der Waals surface area contributed by atoms with E-state index < -0.39 is 0 Å². The van der Waals surface area contributed by atoms with E-state index in [1.807, 2.05) is 30.3 Å². The molecule has 37 heavy (non-hydrogen) atoms. The molecule has 3 N–H and O–H groups in total. The Morgan fingerprint density at radius 3 is 2.65 bits per heavy atom. The minimum absolute atomic E-state index is 0.0683. The van der Waals surface area contributed by atoms with Crippen LogP contribution < -0.4 is 10.6 Å². The first-order chi connectivity index (χ1) is 18.0. The molecule has 0 aliphatic carbocycles. The van der Waals surface area contributed by atoms with Crippen LogP contribution >= 0.6 is 0 Å². The van der Waals surface area contributed by atoms with Gasteiger partial charge in [-0.1, -0.05) is 31.5 Å². The number of likely N-dealkylation sites (tertiary alicyclic amines) is 1. The van der Waals surface area contributed by atoms with Crippen LogP contribution in [-0.4, -0.2) is 48.3 Å². The molecule has 1 amide bonds. The monoisotopic (exact) mass is 502 g/mol. The summed E-state index contributed by atoms with van der Waals surface area (Å²) in [5.41, 5.74) is 6.90. The summed E-state index contributed by atoms with van der Waals surface area (Å²) in [6, 6.07) is 7.89. The van der Waals surface area contributed by atoms with Crippen LogP contribution in [0.25, 0.3) is 11.6 Å². The quantitative estimate of drug-likeness (QED) is 0.329. The van der Waals surface area contributed by atoms with Crippen LogP contribution in [0.3, 0.4) is 0 Å². The van der Waals surface area contributed by atoms with E-state index in [-0.39, 0.29) is 11.9 Å². The highest BCUT2D eigenvalue weighted by Gasteiger charge is 2.36. The zero-order valence-electron chi connectivity index (χ0n) is 22.6. The molecule has 2 saturated heterocycles. The number of amides is 1. The average Bonchev–Trinajstić information content (AvgIpc) is 3.38. The van der Waals surface area contributed by atoms with Gasteiger partial charge in [-0.2, -0.15) is 0 Å². The molecule has 0 radical (unpaired) electrons. The number of H-pyrrole nitrogens is 1. The van der Waals surface area contributed by atoms with Gasteiger partial charge < -0.3 is 20.4 Å². The number of carbonyl (C=O) groups is 2. The fourth-order valence-corrected chi connectivity index (χ4v) is 7.40. The second-order valence-corrected chi connectivity index (χ2v) is 11.2. The molecule has 198 valence electrons. The lowest BCUT2D eigenvalue weighted by Crippen LogP contribution is -2.43. The molecule has 3 aliphatic rings. The molecule has 2 aromatic rings. The molecule has 1 aromatic heterocycles. The lowest BCUT2D eigenvalue weighted by Gasteiger charge is -2.43. The number of hydrogen-bond acceptors (Lipinski definition) is 4. The van der Waals surface area contributed by atoms with E-state index in [2.05, 4.69) is 41.3 Å². The number of para-hydroxylation sites is 1. The van der Waals surface area contributed by atoms with Crippen LogP contribution in [0.4, 0.5) is 5.69 Å². The number of nitrogens with one attached hydrogen (secondary N) is 3.